The van der Waals surface area contributed by atoms with E-state index in [4.69, 9.17) is 4.74 Å². The van der Waals surface area contributed by atoms with Crippen molar-refractivity contribution in [1.29, 1.82) is 0 Å². The summed E-state index contributed by atoms with van der Waals surface area (Å²) < 4.78 is 5.64. The van der Waals surface area contributed by atoms with Gasteiger partial charge in [0.2, 0.25) is 5.95 Å². The predicted molar refractivity (Wildman–Crippen MR) is 102 cm³/mol. The van der Waals surface area contributed by atoms with Crippen molar-refractivity contribution in [2.24, 2.45) is 0 Å². The number of anilines is 1. The molecule has 27 heavy (non-hydrogen) atoms. The second kappa shape index (κ2) is 8.21. The molecule has 0 unspecified atom stereocenters. The van der Waals surface area contributed by atoms with Gasteiger partial charge in [-0.05, 0) is 33.6 Å². The summed E-state index contributed by atoms with van der Waals surface area (Å²) in [5, 5.41) is 2.94. The molecule has 0 bridgehead atoms. The van der Waals surface area contributed by atoms with Crippen molar-refractivity contribution >= 4 is 17.8 Å². The van der Waals surface area contributed by atoms with Gasteiger partial charge in [0.05, 0.1) is 11.8 Å². The van der Waals surface area contributed by atoms with Crippen LogP contribution in [0.2, 0.25) is 0 Å². The highest BCUT2D eigenvalue weighted by Crippen LogP contribution is 2.25. The largest absolute Gasteiger partial charge is 0.366 e. The van der Waals surface area contributed by atoms with E-state index < -0.39 is 6.10 Å². The predicted octanol–water partition coefficient (Wildman–Crippen LogP) is 1.45. The Morgan fingerprint density at radius 1 is 1.07 bits per heavy atom. The molecular formula is C19H29N5O3. The molecule has 148 valence electrons. The van der Waals surface area contributed by atoms with E-state index in [0.717, 1.165) is 37.2 Å². The second-order valence-electron chi connectivity index (χ2n) is 7.41. The number of fused-ring (bicyclic) bond motifs is 1. The molecular weight excluding hydrogens is 346 g/mol. The minimum Gasteiger partial charge on any atom is -0.366 e. The highest BCUT2D eigenvalue weighted by molar-refractivity contribution is 5.94. The normalized spacial score (nSPS) is 17.8. The van der Waals surface area contributed by atoms with Crippen LogP contribution in [0, 0.1) is 0 Å². The molecule has 3 heterocycles. The summed E-state index contributed by atoms with van der Waals surface area (Å²) >= 11 is 0. The molecule has 1 atom stereocenters. The van der Waals surface area contributed by atoms with Crippen LogP contribution in [-0.2, 0) is 22.5 Å². The topological polar surface area (TPSA) is 87.7 Å². The molecule has 0 saturated carbocycles. The van der Waals surface area contributed by atoms with Crippen molar-refractivity contribution in [1.82, 2.24) is 19.8 Å². The van der Waals surface area contributed by atoms with Gasteiger partial charge in [0, 0.05) is 45.2 Å². The Hall–Kier alpha value is -2.22. The number of hydrogen-bond donors (Lipinski definition) is 1. The minimum atomic E-state index is -0.512. The molecule has 3 rings (SSSR count). The fraction of sp³-hybridized carbons (Fsp3) is 0.684. The zero-order valence-electron chi connectivity index (χ0n) is 16.6. The van der Waals surface area contributed by atoms with Gasteiger partial charge in [-0.2, -0.15) is 0 Å². The summed E-state index contributed by atoms with van der Waals surface area (Å²) in [5.74, 6) is 0.322. The quantitative estimate of drug-likeness (QED) is 0.838. The maximum absolute atomic E-state index is 13.0. The van der Waals surface area contributed by atoms with Gasteiger partial charge in [0.25, 0.3) is 11.8 Å². The summed E-state index contributed by atoms with van der Waals surface area (Å²) in [4.78, 5) is 38.3. The van der Waals surface area contributed by atoms with Crippen molar-refractivity contribution in [3.63, 3.8) is 0 Å². The number of hydrogen-bond acceptors (Lipinski definition) is 6. The van der Waals surface area contributed by atoms with E-state index >= 15 is 0 Å². The number of carbonyl (C=O) groups excluding carboxylic acids is 2. The van der Waals surface area contributed by atoms with Gasteiger partial charge in [-0.15, -0.1) is 0 Å². The molecule has 0 aliphatic carbocycles. The maximum atomic E-state index is 13.0. The van der Waals surface area contributed by atoms with Crippen LogP contribution in [0.4, 0.5) is 5.95 Å². The lowest BCUT2D eigenvalue weighted by molar-refractivity contribution is -0.146. The van der Waals surface area contributed by atoms with Crippen LogP contribution in [-0.4, -0.2) is 70.5 Å². The number of likely N-dealkylation sites (tertiary alicyclic amines) is 1. The number of ether oxygens (including phenoxy) is 1. The average Bonchev–Trinajstić information content (AvgIpc) is 3.19. The fourth-order valence-electron chi connectivity index (χ4n) is 3.68. The van der Waals surface area contributed by atoms with Crippen molar-refractivity contribution < 1.29 is 14.3 Å². The first-order chi connectivity index (χ1) is 12.9. The SMILES string of the molecule is CNc1nc2c(c(C(=O)N3CCCC3)n1)CN(C(=O)[C@@H](C)OC(C)C)CC2. The molecule has 0 aromatic carbocycles. The van der Waals surface area contributed by atoms with Gasteiger partial charge < -0.3 is 19.9 Å². The Bertz CT molecular complexity index is 716. The molecule has 1 aromatic heterocycles. The van der Waals surface area contributed by atoms with Crippen LogP contribution < -0.4 is 5.32 Å². The molecule has 8 heteroatoms. The van der Waals surface area contributed by atoms with Gasteiger partial charge in [-0.1, -0.05) is 0 Å². The number of nitrogens with zero attached hydrogens (tertiary/aromatic N) is 4. The zero-order valence-corrected chi connectivity index (χ0v) is 16.6. The highest BCUT2D eigenvalue weighted by atomic mass is 16.5. The Kier molecular flexibility index (Phi) is 5.94. The summed E-state index contributed by atoms with van der Waals surface area (Å²) in [6.07, 6.45) is 2.11. The third kappa shape index (κ3) is 4.21. The van der Waals surface area contributed by atoms with Gasteiger partial charge in [-0.3, -0.25) is 9.59 Å². The summed E-state index contributed by atoms with van der Waals surface area (Å²) in [6, 6.07) is 0. The van der Waals surface area contributed by atoms with Gasteiger partial charge in [-0.25, -0.2) is 9.97 Å². The summed E-state index contributed by atoms with van der Waals surface area (Å²) in [5.41, 5.74) is 2.03. The number of rotatable bonds is 5. The second-order valence-corrected chi connectivity index (χ2v) is 7.41. The van der Waals surface area contributed by atoms with E-state index in [1.165, 1.54) is 0 Å². The van der Waals surface area contributed by atoms with Crippen LogP contribution in [0.25, 0.3) is 0 Å². The molecule has 0 radical (unpaired) electrons. The number of carbonyl (C=O) groups is 2. The van der Waals surface area contributed by atoms with E-state index in [9.17, 15) is 9.59 Å². The number of nitrogens with one attached hydrogen (secondary N) is 1. The molecule has 2 aliphatic heterocycles. The molecule has 1 fully saturated rings. The molecule has 1 aromatic rings. The Balaban J connectivity index is 1.87. The van der Waals surface area contributed by atoms with Crippen molar-refractivity contribution in [3.8, 4) is 0 Å². The van der Waals surface area contributed by atoms with Crippen molar-refractivity contribution in [2.45, 2.75) is 58.8 Å². The van der Waals surface area contributed by atoms with E-state index in [-0.39, 0.29) is 17.9 Å². The van der Waals surface area contributed by atoms with E-state index in [2.05, 4.69) is 15.3 Å². The molecule has 8 nitrogen and oxygen atoms in total. The lowest BCUT2D eigenvalue weighted by Gasteiger charge is -2.32. The standard InChI is InChI=1S/C19H29N5O3/c1-12(2)27-13(3)17(25)24-10-7-15-14(11-24)16(22-19(20-4)21-15)18(26)23-8-5-6-9-23/h12-13H,5-11H2,1-4H3,(H,20,21,22)/t13-/m1/s1. The fourth-order valence-corrected chi connectivity index (χ4v) is 3.68. The Labute approximate surface area is 160 Å². The van der Waals surface area contributed by atoms with Gasteiger partial charge in [0.1, 0.15) is 11.8 Å². The monoisotopic (exact) mass is 375 g/mol. The minimum absolute atomic E-state index is 0.0187. The first kappa shape index (κ1) is 19.5. The third-order valence-electron chi connectivity index (χ3n) is 5.02. The third-order valence-corrected chi connectivity index (χ3v) is 5.02. The van der Waals surface area contributed by atoms with Crippen LogP contribution in [0.1, 0.15) is 55.4 Å². The van der Waals surface area contributed by atoms with E-state index in [1.807, 2.05) is 18.7 Å². The lowest BCUT2D eigenvalue weighted by Crippen LogP contribution is -2.44. The lowest BCUT2D eigenvalue weighted by atomic mass is 10.0. The molecule has 1 saturated heterocycles. The van der Waals surface area contributed by atoms with Crippen LogP contribution in [0.5, 0.6) is 0 Å². The Morgan fingerprint density at radius 2 is 1.78 bits per heavy atom. The average molecular weight is 375 g/mol. The summed E-state index contributed by atoms with van der Waals surface area (Å²) in [7, 11) is 1.75. The molecule has 2 amide bonds. The van der Waals surface area contributed by atoms with Crippen molar-refractivity contribution in [2.75, 3.05) is 32.0 Å². The molecule has 0 spiro atoms. The number of aromatic nitrogens is 2. The highest BCUT2D eigenvalue weighted by Gasteiger charge is 2.32. The van der Waals surface area contributed by atoms with Crippen LogP contribution in [0.3, 0.4) is 0 Å². The van der Waals surface area contributed by atoms with Crippen molar-refractivity contribution in [3.05, 3.63) is 17.0 Å². The molecule has 2 aliphatic rings. The van der Waals surface area contributed by atoms with Crippen LogP contribution in [0.15, 0.2) is 0 Å². The smallest absolute Gasteiger partial charge is 0.273 e. The summed E-state index contributed by atoms with van der Waals surface area (Å²) in [6.45, 7) is 8.02. The number of amides is 2. The maximum Gasteiger partial charge on any atom is 0.273 e. The first-order valence-corrected chi connectivity index (χ1v) is 9.71. The Morgan fingerprint density at radius 3 is 2.41 bits per heavy atom. The van der Waals surface area contributed by atoms with Gasteiger partial charge >= 0.3 is 0 Å². The first-order valence-electron chi connectivity index (χ1n) is 9.71. The molecule has 1 N–H and O–H groups in total. The zero-order chi connectivity index (χ0) is 19.6. The van der Waals surface area contributed by atoms with E-state index in [1.54, 1.807) is 18.9 Å². The van der Waals surface area contributed by atoms with Crippen LogP contribution >= 0.6 is 0 Å². The van der Waals surface area contributed by atoms with E-state index in [0.29, 0.717) is 31.2 Å². The van der Waals surface area contributed by atoms with Gasteiger partial charge in [0.15, 0.2) is 0 Å².